The highest BCUT2D eigenvalue weighted by atomic mass is 32.1. The third-order valence-electron chi connectivity index (χ3n) is 8.95. The summed E-state index contributed by atoms with van der Waals surface area (Å²) in [6, 6.07) is 11.8. The number of anilines is 1. The monoisotopic (exact) mass is 588 g/mol. The van der Waals surface area contributed by atoms with E-state index in [2.05, 4.69) is 16.3 Å². The number of piperidine rings is 1. The number of amides is 2. The van der Waals surface area contributed by atoms with Gasteiger partial charge in [-0.2, -0.15) is 0 Å². The molecule has 3 atom stereocenters. The first-order valence-corrected chi connectivity index (χ1v) is 15.4. The SMILES string of the molecule is Cc1ccc(OCc2ccc(C(=O)N3CCN(C)C(=O)C3)c(C)c2)c(-c2csc(N3C[C@H]4CC[C@@H](C3)[C@H]4C(=O)O)n2)c1. The van der Waals surface area contributed by atoms with Crippen molar-refractivity contribution in [2.45, 2.75) is 33.3 Å². The number of piperazine rings is 1. The van der Waals surface area contributed by atoms with Gasteiger partial charge in [0, 0.05) is 49.7 Å². The number of rotatable bonds is 7. The Bertz CT molecular complexity index is 1520. The van der Waals surface area contributed by atoms with E-state index in [4.69, 9.17) is 9.72 Å². The zero-order chi connectivity index (χ0) is 29.5. The Morgan fingerprint density at radius 1 is 1.07 bits per heavy atom. The number of benzene rings is 2. The van der Waals surface area contributed by atoms with Crippen molar-refractivity contribution in [1.29, 1.82) is 0 Å². The molecule has 42 heavy (non-hydrogen) atoms. The quantitative estimate of drug-likeness (QED) is 0.435. The molecule has 3 aliphatic rings. The molecule has 2 saturated heterocycles. The van der Waals surface area contributed by atoms with E-state index in [0.29, 0.717) is 25.3 Å². The lowest BCUT2D eigenvalue weighted by Gasteiger charge is -2.35. The number of likely N-dealkylation sites (N-methyl/N-ethyl adjacent to an activating group) is 1. The fourth-order valence-corrected chi connectivity index (χ4v) is 7.45. The first-order valence-electron chi connectivity index (χ1n) is 14.5. The number of nitrogens with zero attached hydrogens (tertiary/aromatic N) is 4. The second kappa shape index (κ2) is 11.4. The highest BCUT2D eigenvalue weighted by Gasteiger charge is 2.46. The van der Waals surface area contributed by atoms with Gasteiger partial charge in [-0.05, 0) is 67.9 Å². The van der Waals surface area contributed by atoms with Crippen molar-refractivity contribution in [2.24, 2.45) is 17.8 Å². The Labute approximate surface area is 249 Å². The topological polar surface area (TPSA) is 103 Å². The number of carboxylic acid groups (broad SMARTS) is 1. The van der Waals surface area contributed by atoms with E-state index in [0.717, 1.165) is 64.8 Å². The maximum Gasteiger partial charge on any atom is 0.307 e. The maximum atomic E-state index is 13.1. The number of carbonyl (C=O) groups excluding carboxylic acids is 2. The molecule has 2 bridgehead atoms. The maximum absolute atomic E-state index is 13.1. The van der Waals surface area contributed by atoms with Crippen LogP contribution in [-0.4, -0.2) is 77.4 Å². The molecule has 2 aliphatic heterocycles. The molecule has 3 heterocycles. The molecule has 10 heteroatoms. The van der Waals surface area contributed by atoms with E-state index < -0.39 is 5.97 Å². The Kier molecular flexibility index (Phi) is 7.66. The van der Waals surface area contributed by atoms with Gasteiger partial charge < -0.3 is 24.5 Å². The zero-order valence-corrected chi connectivity index (χ0v) is 25.0. The summed E-state index contributed by atoms with van der Waals surface area (Å²) in [5.74, 6) is 0.0305. The summed E-state index contributed by atoms with van der Waals surface area (Å²) in [5.41, 5.74) is 5.27. The van der Waals surface area contributed by atoms with Crippen molar-refractivity contribution in [2.75, 3.05) is 44.7 Å². The van der Waals surface area contributed by atoms with Crippen LogP contribution in [-0.2, 0) is 16.2 Å². The molecular weight excluding hydrogens is 552 g/mol. The van der Waals surface area contributed by atoms with Crippen LogP contribution in [0.2, 0.25) is 0 Å². The van der Waals surface area contributed by atoms with Crippen molar-refractivity contribution in [1.82, 2.24) is 14.8 Å². The Morgan fingerprint density at radius 3 is 2.52 bits per heavy atom. The first kappa shape index (κ1) is 28.2. The molecule has 6 rings (SSSR count). The fourth-order valence-electron chi connectivity index (χ4n) is 6.60. The lowest BCUT2D eigenvalue weighted by molar-refractivity contribution is -0.144. The van der Waals surface area contributed by atoms with E-state index in [1.807, 2.05) is 44.2 Å². The van der Waals surface area contributed by atoms with Crippen molar-refractivity contribution in [3.8, 4) is 17.0 Å². The molecule has 1 N–H and O–H groups in total. The van der Waals surface area contributed by atoms with Gasteiger partial charge in [-0.25, -0.2) is 4.98 Å². The van der Waals surface area contributed by atoms with E-state index in [-0.39, 0.29) is 36.1 Å². The van der Waals surface area contributed by atoms with Crippen LogP contribution in [0.4, 0.5) is 5.13 Å². The first-order chi connectivity index (χ1) is 20.2. The van der Waals surface area contributed by atoms with Crippen molar-refractivity contribution in [3.63, 3.8) is 0 Å². The van der Waals surface area contributed by atoms with E-state index in [9.17, 15) is 19.5 Å². The van der Waals surface area contributed by atoms with Gasteiger partial charge in [-0.15, -0.1) is 11.3 Å². The minimum atomic E-state index is -0.661. The van der Waals surface area contributed by atoms with Crippen LogP contribution in [0.3, 0.4) is 0 Å². The lowest BCUT2D eigenvalue weighted by Crippen LogP contribution is -2.50. The number of aryl methyl sites for hydroxylation is 2. The minimum Gasteiger partial charge on any atom is -0.488 e. The third-order valence-corrected chi connectivity index (χ3v) is 9.85. The average Bonchev–Trinajstić information content (AvgIpc) is 3.56. The number of aromatic nitrogens is 1. The summed E-state index contributed by atoms with van der Waals surface area (Å²) in [5, 5.41) is 12.6. The van der Waals surface area contributed by atoms with Crippen LogP contribution in [0.5, 0.6) is 5.75 Å². The molecule has 0 unspecified atom stereocenters. The summed E-state index contributed by atoms with van der Waals surface area (Å²) in [6.45, 7) is 6.94. The van der Waals surface area contributed by atoms with Crippen molar-refractivity contribution in [3.05, 3.63) is 64.0 Å². The van der Waals surface area contributed by atoms with Crippen LogP contribution in [0, 0.1) is 31.6 Å². The van der Waals surface area contributed by atoms with Crippen molar-refractivity contribution < 1.29 is 24.2 Å². The van der Waals surface area contributed by atoms with Gasteiger partial charge in [0.15, 0.2) is 5.13 Å². The van der Waals surface area contributed by atoms with Gasteiger partial charge in [-0.3, -0.25) is 14.4 Å². The van der Waals surface area contributed by atoms with Crippen LogP contribution < -0.4 is 9.64 Å². The van der Waals surface area contributed by atoms with Gasteiger partial charge in [0.05, 0.1) is 11.6 Å². The molecule has 3 fully saturated rings. The molecule has 1 aliphatic carbocycles. The molecule has 0 spiro atoms. The predicted molar refractivity (Wildman–Crippen MR) is 161 cm³/mol. The van der Waals surface area contributed by atoms with Gasteiger partial charge in [0.1, 0.15) is 18.9 Å². The zero-order valence-electron chi connectivity index (χ0n) is 24.2. The summed E-state index contributed by atoms with van der Waals surface area (Å²) in [7, 11) is 1.76. The summed E-state index contributed by atoms with van der Waals surface area (Å²) < 4.78 is 6.31. The van der Waals surface area contributed by atoms with E-state index >= 15 is 0 Å². The summed E-state index contributed by atoms with van der Waals surface area (Å²) in [6.07, 6.45) is 1.94. The largest absolute Gasteiger partial charge is 0.488 e. The van der Waals surface area contributed by atoms with E-state index in [1.165, 1.54) is 0 Å². The molecule has 2 aromatic carbocycles. The Morgan fingerprint density at radius 2 is 1.83 bits per heavy atom. The fraction of sp³-hybridized carbons (Fsp3) is 0.438. The number of carbonyl (C=O) groups is 3. The van der Waals surface area contributed by atoms with Crippen LogP contribution >= 0.6 is 11.3 Å². The average molecular weight is 589 g/mol. The minimum absolute atomic E-state index is 0.0479. The number of aliphatic carboxylic acids is 1. The molecular formula is C32H36N4O5S. The normalized spacial score (nSPS) is 22.0. The van der Waals surface area contributed by atoms with Crippen LogP contribution in [0.1, 0.15) is 39.9 Å². The lowest BCUT2D eigenvalue weighted by atomic mass is 9.85. The Hall–Kier alpha value is -3.92. The number of carboxylic acids is 1. The number of hydrogen-bond acceptors (Lipinski definition) is 7. The summed E-state index contributed by atoms with van der Waals surface area (Å²) in [4.78, 5) is 47.4. The van der Waals surface area contributed by atoms with Gasteiger partial charge >= 0.3 is 5.97 Å². The second-order valence-electron chi connectivity index (χ2n) is 11.9. The smallest absolute Gasteiger partial charge is 0.307 e. The summed E-state index contributed by atoms with van der Waals surface area (Å²) >= 11 is 1.59. The van der Waals surface area contributed by atoms with Gasteiger partial charge in [-0.1, -0.05) is 23.8 Å². The number of thiazole rings is 1. The molecule has 1 saturated carbocycles. The van der Waals surface area contributed by atoms with Gasteiger partial charge in [0.2, 0.25) is 5.91 Å². The second-order valence-corrected chi connectivity index (χ2v) is 12.7. The molecule has 9 nitrogen and oxygen atoms in total. The highest BCUT2D eigenvalue weighted by Crippen LogP contribution is 2.44. The number of fused-ring (bicyclic) bond motifs is 2. The van der Waals surface area contributed by atoms with Gasteiger partial charge in [0.25, 0.3) is 5.91 Å². The molecule has 2 amide bonds. The van der Waals surface area contributed by atoms with Crippen LogP contribution in [0.15, 0.2) is 41.8 Å². The standard InChI is InChI=1S/C32H36N4O5S/c1-19-4-9-27(41-17-21-5-8-24(20(2)13-21)30(38)35-11-10-34(3)28(37)16-35)25(12-19)26-18-42-32(33-26)36-14-22-6-7-23(15-36)29(22)31(39)40/h4-5,8-9,12-13,18,22-23,29H,6-7,10-11,14-17H2,1-3H3,(H,39,40)/t22-,23+,29+. The third kappa shape index (κ3) is 5.47. The molecule has 1 aromatic heterocycles. The molecule has 0 radical (unpaired) electrons. The molecule has 220 valence electrons. The van der Waals surface area contributed by atoms with E-state index in [1.54, 1.807) is 28.2 Å². The highest BCUT2D eigenvalue weighted by molar-refractivity contribution is 7.14. The van der Waals surface area contributed by atoms with Crippen molar-refractivity contribution >= 4 is 34.3 Å². The number of hydrogen-bond donors (Lipinski definition) is 1. The molecule has 3 aromatic rings. The number of ether oxygens (including phenoxy) is 1. The predicted octanol–water partition coefficient (Wildman–Crippen LogP) is 4.47. The Balaban J connectivity index is 1.15. The van der Waals surface area contributed by atoms with Crippen LogP contribution in [0.25, 0.3) is 11.3 Å².